The van der Waals surface area contributed by atoms with E-state index in [0.717, 1.165) is 25.8 Å². The van der Waals surface area contributed by atoms with Crippen LogP contribution in [0.3, 0.4) is 0 Å². The molecule has 2 nitrogen and oxygen atoms in total. The van der Waals surface area contributed by atoms with Crippen LogP contribution in [0.25, 0.3) is 0 Å². The predicted molar refractivity (Wildman–Crippen MR) is 75.3 cm³/mol. The van der Waals surface area contributed by atoms with Crippen molar-refractivity contribution in [3.63, 3.8) is 0 Å². The molecule has 2 atom stereocenters. The van der Waals surface area contributed by atoms with Gasteiger partial charge in [0.15, 0.2) is 0 Å². The van der Waals surface area contributed by atoms with Gasteiger partial charge >= 0.3 is 0 Å². The van der Waals surface area contributed by atoms with Crippen LogP contribution in [-0.2, 0) is 6.54 Å². The summed E-state index contributed by atoms with van der Waals surface area (Å²) in [5.41, 5.74) is 1.67. The minimum Gasteiger partial charge on any atom is -0.391 e. The summed E-state index contributed by atoms with van der Waals surface area (Å²) in [7, 11) is 2.13. The lowest BCUT2D eigenvalue weighted by atomic mass is 9.73. The zero-order valence-electron chi connectivity index (χ0n) is 11.8. The molecule has 0 radical (unpaired) electrons. The molecule has 18 heavy (non-hydrogen) atoms. The van der Waals surface area contributed by atoms with Crippen LogP contribution in [0.1, 0.15) is 38.7 Å². The number of benzene rings is 1. The van der Waals surface area contributed by atoms with Crippen LogP contribution in [0, 0.1) is 5.41 Å². The standard InChI is InChI=1S/C16H25NO/c1-16(2)10-9-15(18)14(11-16)17(3)12-13-7-5-4-6-8-13/h4-8,14-15,18H,9-12H2,1-3H3. The zero-order valence-corrected chi connectivity index (χ0v) is 11.8. The van der Waals surface area contributed by atoms with Gasteiger partial charge in [-0.3, -0.25) is 4.90 Å². The highest BCUT2D eigenvalue weighted by atomic mass is 16.3. The van der Waals surface area contributed by atoms with Crippen LogP contribution in [0.2, 0.25) is 0 Å². The van der Waals surface area contributed by atoms with Crippen molar-refractivity contribution in [2.24, 2.45) is 5.41 Å². The van der Waals surface area contributed by atoms with Gasteiger partial charge in [-0.1, -0.05) is 44.2 Å². The second-order valence-corrected chi connectivity index (χ2v) is 6.44. The Hall–Kier alpha value is -0.860. The van der Waals surface area contributed by atoms with Crippen LogP contribution in [0.5, 0.6) is 0 Å². The second-order valence-electron chi connectivity index (χ2n) is 6.44. The molecule has 0 aliphatic heterocycles. The third-order valence-corrected chi connectivity index (χ3v) is 4.16. The monoisotopic (exact) mass is 247 g/mol. The first kappa shape index (κ1) is 13.6. The summed E-state index contributed by atoms with van der Waals surface area (Å²) in [4.78, 5) is 2.31. The molecule has 1 aromatic rings. The summed E-state index contributed by atoms with van der Waals surface area (Å²) in [5, 5.41) is 10.2. The Bertz CT molecular complexity index is 374. The van der Waals surface area contributed by atoms with Gasteiger partial charge in [-0.25, -0.2) is 0 Å². The van der Waals surface area contributed by atoms with Crippen molar-refractivity contribution in [1.82, 2.24) is 4.90 Å². The van der Waals surface area contributed by atoms with Crippen molar-refractivity contribution in [3.8, 4) is 0 Å². The fourth-order valence-corrected chi connectivity index (χ4v) is 2.97. The van der Waals surface area contributed by atoms with Crippen molar-refractivity contribution in [3.05, 3.63) is 35.9 Å². The van der Waals surface area contributed by atoms with Gasteiger partial charge < -0.3 is 5.11 Å². The Kier molecular flexibility index (Phi) is 4.08. The molecule has 2 rings (SSSR count). The minimum absolute atomic E-state index is 0.174. The van der Waals surface area contributed by atoms with Crippen LogP contribution < -0.4 is 0 Å². The van der Waals surface area contributed by atoms with Gasteiger partial charge in [0.1, 0.15) is 0 Å². The summed E-state index contributed by atoms with van der Waals surface area (Å²) in [6.45, 7) is 5.53. The first-order valence-electron chi connectivity index (χ1n) is 6.90. The van der Waals surface area contributed by atoms with E-state index >= 15 is 0 Å². The van der Waals surface area contributed by atoms with Crippen molar-refractivity contribution in [2.45, 2.75) is 51.8 Å². The Labute approximate surface area is 111 Å². The topological polar surface area (TPSA) is 23.5 Å². The van der Waals surface area contributed by atoms with E-state index in [1.807, 2.05) is 6.07 Å². The fraction of sp³-hybridized carbons (Fsp3) is 0.625. The molecule has 2 unspecified atom stereocenters. The molecule has 2 heteroatoms. The number of likely N-dealkylation sites (N-methyl/N-ethyl adjacent to an activating group) is 1. The SMILES string of the molecule is CN(Cc1ccccc1)C1CC(C)(C)CCC1O. The molecule has 1 fully saturated rings. The summed E-state index contributed by atoms with van der Waals surface area (Å²) in [5.74, 6) is 0. The number of aliphatic hydroxyl groups excluding tert-OH is 1. The molecule has 0 aromatic heterocycles. The molecule has 0 amide bonds. The van der Waals surface area contributed by atoms with E-state index < -0.39 is 0 Å². The molecule has 0 heterocycles. The van der Waals surface area contributed by atoms with Crippen molar-refractivity contribution < 1.29 is 5.11 Å². The third kappa shape index (κ3) is 3.33. The zero-order chi connectivity index (χ0) is 13.2. The smallest absolute Gasteiger partial charge is 0.0695 e. The van der Waals surface area contributed by atoms with Crippen LogP contribution >= 0.6 is 0 Å². The summed E-state index contributed by atoms with van der Waals surface area (Å²) in [6.07, 6.45) is 2.96. The Balaban J connectivity index is 2.01. The molecule has 1 aromatic carbocycles. The molecular formula is C16H25NO. The van der Waals surface area contributed by atoms with Crippen molar-refractivity contribution in [2.75, 3.05) is 7.05 Å². The van der Waals surface area contributed by atoms with Crippen LogP contribution in [0.4, 0.5) is 0 Å². The number of rotatable bonds is 3. The number of aliphatic hydroxyl groups is 1. The number of hydrogen-bond donors (Lipinski definition) is 1. The highest BCUT2D eigenvalue weighted by Crippen LogP contribution is 2.37. The van der Waals surface area contributed by atoms with E-state index in [-0.39, 0.29) is 12.1 Å². The van der Waals surface area contributed by atoms with Gasteiger partial charge in [0, 0.05) is 12.6 Å². The predicted octanol–water partition coefficient (Wildman–Crippen LogP) is 3.06. The second kappa shape index (κ2) is 5.41. The van der Waals surface area contributed by atoms with Gasteiger partial charge in [-0.05, 0) is 37.3 Å². The molecule has 1 aliphatic rings. The normalized spacial score (nSPS) is 27.4. The maximum absolute atomic E-state index is 10.2. The van der Waals surface area contributed by atoms with Crippen molar-refractivity contribution >= 4 is 0 Å². The molecule has 1 N–H and O–H groups in total. The molecule has 0 saturated heterocycles. The van der Waals surface area contributed by atoms with Gasteiger partial charge in [0.25, 0.3) is 0 Å². The molecule has 0 spiro atoms. The van der Waals surface area contributed by atoms with E-state index in [0.29, 0.717) is 5.41 Å². The molecule has 1 aliphatic carbocycles. The van der Waals surface area contributed by atoms with Crippen molar-refractivity contribution in [1.29, 1.82) is 0 Å². The quantitative estimate of drug-likeness (QED) is 0.887. The first-order chi connectivity index (χ1) is 8.48. The van der Waals surface area contributed by atoms with Crippen LogP contribution in [0.15, 0.2) is 30.3 Å². The Morgan fingerprint density at radius 2 is 1.94 bits per heavy atom. The average molecular weight is 247 g/mol. The molecule has 1 saturated carbocycles. The minimum atomic E-state index is -0.174. The third-order valence-electron chi connectivity index (χ3n) is 4.16. The largest absolute Gasteiger partial charge is 0.391 e. The van der Waals surface area contributed by atoms with E-state index in [1.165, 1.54) is 5.56 Å². The molecule has 100 valence electrons. The average Bonchev–Trinajstić information content (AvgIpc) is 2.33. The van der Waals surface area contributed by atoms with Gasteiger partial charge in [-0.15, -0.1) is 0 Å². The number of hydrogen-bond acceptors (Lipinski definition) is 2. The molecular weight excluding hydrogens is 222 g/mol. The maximum Gasteiger partial charge on any atom is 0.0695 e. The van der Waals surface area contributed by atoms with E-state index in [1.54, 1.807) is 0 Å². The highest BCUT2D eigenvalue weighted by Gasteiger charge is 2.35. The lowest BCUT2D eigenvalue weighted by Gasteiger charge is -2.42. The lowest BCUT2D eigenvalue weighted by molar-refractivity contribution is -0.0101. The van der Waals surface area contributed by atoms with E-state index in [2.05, 4.69) is 50.1 Å². The summed E-state index contributed by atoms with van der Waals surface area (Å²) in [6, 6.07) is 10.8. The number of nitrogens with zero attached hydrogens (tertiary/aromatic N) is 1. The summed E-state index contributed by atoms with van der Waals surface area (Å²) < 4.78 is 0. The fourth-order valence-electron chi connectivity index (χ4n) is 2.97. The van der Waals surface area contributed by atoms with E-state index in [9.17, 15) is 5.11 Å². The Morgan fingerprint density at radius 1 is 1.28 bits per heavy atom. The van der Waals surface area contributed by atoms with Gasteiger partial charge in [-0.2, -0.15) is 0 Å². The lowest BCUT2D eigenvalue weighted by Crippen LogP contribution is -2.47. The first-order valence-corrected chi connectivity index (χ1v) is 6.90. The maximum atomic E-state index is 10.2. The van der Waals surface area contributed by atoms with Gasteiger partial charge in [0.05, 0.1) is 6.10 Å². The molecule has 0 bridgehead atoms. The van der Waals surface area contributed by atoms with Crippen LogP contribution in [-0.4, -0.2) is 29.2 Å². The van der Waals surface area contributed by atoms with E-state index in [4.69, 9.17) is 0 Å². The highest BCUT2D eigenvalue weighted by molar-refractivity contribution is 5.14. The van der Waals surface area contributed by atoms with Gasteiger partial charge in [0.2, 0.25) is 0 Å². The summed E-state index contributed by atoms with van der Waals surface area (Å²) >= 11 is 0. The Morgan fingerprint density at radius 3 is 2.61 bits per heavy atom.